The van der Waals surface area contributed by atoms with Crippen LogP contribution in [0.15, 0.2) is 72.8 Å². The molecule has 0 bridgehead atoms. The van der Waals surface area contributed by atoms with Crippen molar-refractivity contribution in [2.75, 3.05) is 19.8 Å². The van der Waals surface area contributed by atoms with Crippen LogP contribution in [0.3, 0.4) is 0 Å². The molecular formula is C28H32ClNO5. The van der Waals surface area contributed by atoms with Crippen LogP contribution < -0.4 is 14.8 Å². The van der Waals surface area contributed by atoms with Gasteiger partial charge in [0, 0.05) is 12.6 Å². The highest BCUT2D eigenvalue weighted by Crippen LogP contribution is 2.27. The summed E-state index contributed by atoms with van der Waals surface area (Å²) in [5.41, 5.74) is 3.32. The predicted molar refractivity (Wildman–Crippen MR) is 138 cm³/mol. The van der Waals surface area contributed by atoms with E-state index < -0.39 is 6.10 Å². The molecule has 1 aliphatic carbocycles. The highest BCUT2D eigenvalue weighted by atomic mass is 35.5. The van der Waals surface area contributed by atoms with Gasteiger partial charge in [-0.3, -0.25) is 0 Å². The first-order valence-corrected chi connectivity index (χ1v) is 11.7. The molecule has 7 heteroatoms. The smallest absolute Gasteiger partial charge is 0.344 e. The predicted octanol–water partition coefficient (Wildman–Crippen LogP) is 5.02. The molecule has 4 rings (SSSR count). The summed E-state index contributed by atoms with van der Waals surface area (Å²) < 4.78 is 16.4. The largest absolute Gasteiger partial charge is 0.482 e. The zero-order valence-corrected chi connectivity index (χ0v) is 20.6. The van der Waals surface area contributed by atoms with Crippen molar-refractivity contribution >= 4 is 18.4 Å². The molecule has 186 valence electrons. The third-order valence-electron chi connectivity index (χ3n) is 5.89. The van der Waals surface area contributed by atoms with Crippen molar-refractivity contribution in [1.82, 2.24) is 5.32 Å². The minimum atomic E-state index is -0.639. The molecule has 1 aliphatic rings. The zero-order chi connectivity index (χ0) is 23.8. The van der Waals surface area contributed by atoms with Gasteiger partial charge >= 0.3 is 5.97 Å². The summed E-state index contributed by atoms with van der Waals surface area (Å²) >= 11 is 0. The van der Waals surface area contributed by atoms with Gasteiger partial charge in [-0.1, -0.05) is 36.4 Å². The van der Waals surface area contributed by atoms with Crippen molar-refractivity contribution in [2.24, 2.45) is 0 Å². The van der Waals surface area contributed by atoms with Crippen LogP contribution in [-0.4, -0.2) is 36.9 Å². The van der Waals surface area contributed by atoms with Crippen molar-refractivity contribution < 1.29 is 24.1 Å². The zero-order valence-electron chi connectivity index (χ0n) is 19.8. The van der Waals surface area contributed by atoms with E-state index in [4.69, 9.17) is 14.2 Å². The molecule has 3 aromatic rings. The molecule has 0 heterocycles. The van der Waals surface area contributed by atoms with Gasteiger partial charge in [0.2, 0.25) is 0 Å². The number of aryl methyl sites for hydroxylation is 1. The first-order valence-electron chi connectivity index (χ1n) is 11.7. The lowest BCUT2D eigenvalue weighted by Crippen LogP contribution is -2.37. The molecule has 0 radical (unpaired) electrons. The van der Waals surface area contributed by atoms with Gasteiger partial charge < -0.3 is 24.6 Å². The van der Waals surface area contributed by atoms with Gasteiger partial charge in [-0.25, -0.2) is 4.79 Å². The number of esters is 1. The molecule has 0 fully saturated rings. The maximum absolute atomic E-state index is 11.5. The van der Waals surface area contributed by atoms with E-state index in [1.165, 1.54) is 11.1 Å². The van der Waals surface area contributed by atoms with Crippen LogP contribution in [0, 0.1) is 0 Å². The lowest BCUT2D eigenvalue weighted by Gasteiger charge is -2.27. The summed E-state index contributed by atoms with van der Waals surface area (Å²) in [5, 5.41) is 14.3. The summed E-state index contributed by atoms with van der Waals surface area (Å²) in [6, 6.07) is 23.4. The van der Waals surface area contributed by atoms with Gasteiger partial charge in [0.25, 0.3) is 0 Å². The van der Waals surface area contributed by atoms with Gasteiger partial charge in [0.15, 0.2) is 6.61 Å². The maximum Gasteiger partial charge on any atom is 0.344 e. The first kappa shape index (κ1) is 26.5. The number of ether oxygens (including phenoxy) is 3. The SMILES string of the molecule is CCOC(=O)COc1ccc2c(c1)C[C@@H](NC[C@@H](O)c1cccc(Oc3ccccc3)c1)CC2.Cl. The molecule has 0 unspecified atom stereocenters. The Morgan fingerprint density at radius 2 is 1.80 bits per heavy atom. The van der Waals surface area contributed by atoms with E-state index in [1.807, 2.05) is 66.7 Å². The van der Waals surface area contributed by atoms with E-state index in [0.29, 0.717) is 24.7 Å². The number of fused-ring (bicyclic) bond motifs is 1. The number of carbonyl (C=O) groups excluding carboxylic acids is 1. The van der Waals surface area contributed by atoms with Crippen LogP contribution in [0.1, 0.15) is 36.1 Å². The number of nitrogens with one attached hydrogen (secondary N) is 1. The summed E-state index contributed by atoms with van der Waals surface area (Å²) in [7, 11) is 0. The highest BCUT2D eigenvalue weighted by molar-refractivity contribution is 5.85. The number of aliphatic hydroxyl groups is 1. The number of para-hydroxylation sites is 1. The fraction of sp³-hybridized carbons (Fsp3) is 0.321. The Morgan fingerprint density at radius 1 is 1.00 bits per heavy atom. The number of hydrogen-bond donors (Lipinski definition) is 2. The van der Waals surface area contributed by atoms with Crippen molar-refractivity contribution in [3.8, 4) is 17.2 Å². The van der Waals surface area contributed by atoms with Crippen LogP contribution in [0.25, 0.3) is 0 Å². The molecule has 6 nitrogen and oxygen atoms in total. The molecule has 0 saturated carbocycles. The van der Waals surface area contributed by atoms with E-state index in [9.17, 15) is 9.90 Å². The van der Waals surface area contributed by atoms with Crippen LogP contribution in [0.2, 0.25) is 0 Å². The third-order valence-corrected chi connectivity index (χ3v) is 5.89. The normalized spacial score (nSPS) is 15.3. The standard InChI is InChI=1S/C28H31NO5.ClH/c1-2-32-28(31)19-33-25-14-12-20-11-13-23(15-22(20)17-25)29-18-27(30)21-7-6-10-26(16-21)34-24-8-4-3-5-9-24;/h3-10,12,14,16-17,23,27,29-30H,2,11,13,15,18-19H2,1H3;1H/t23-,27+;/m0./s1. The number of hydrogen-bond acceptors (Lipinski definition) is 6. The van der Waals surface area contributed by atoms with Gasteiger partial charge in [-0.2, -0.15) is 0 Å². The van der Waals surface area contributed by atoms with E-state index in [0.717, 1.165) is 30.6 Å². The number of benzene rings is 3. The van der Waals surface area contributed by atoms with E-state index in [1.54, 1.807) is 6.92 Å². The average molecular weight is 498 g/mol. The monoisotopic (exact) mass is 497 g/mol. The molecule has 35 heavy (non-hydrogen) atoms. The van der Waals surface area contributed by atoms with Crippen molar-refractivity contribution in [3.05, 3.63) is 89.5 Å². The second-order valence-electron chi connectivity index (χ2n) is 8.38. The Balaban J connectivity index is 0.00000342. The highest BCUT2D eigenvalue weighted by Gasteiger charge is 2.20. The summed E-state index contributed by atoms with van der Waals surface area (Å²) in [6.07, 6.45) is 2.16. The fourth-order valence-corrected chi connectivity index (χ4v) is 4.15. The number of carbonyl (C=O) groups is 1. The Bertz CT molecular complexity index is 1090. The van der Waals surface area contributed by atoms with E-state index >= 15 is 0 Å². The van der Waals surface area contributed by atoms with Gasteiger partial charge in [0.1, 0.15) is 17.2 Å². The number of rotatable bonds is 10. The summed E-state index contributed by atoms with van der Waals surface area (Å²) in [4.78, 5) is 11.5. The fourth-order valence-electron chi connectivity index (χ4n) is 4.15. The molecule has 2 atom stereocenters. The Morgan fingerprint density at radius 3 is 2.60 bits per heavy atom. The topological polar surface area (TPSA) is 77.0 Å². The van der Waals surface area contributed by atoms with Crippen molar-refractivity contribution in [1.29, 1.82) is 0 Å². The molecule has 0 aromatic heterocycles. The maximum atomic E-state index is 11.5. The second-order valence-corrected chi connectivity index (χ2v) is 8.38. The number of halogens is 1. The van der Waals surface area contributed by atoms with Crippen molar-refractivity contribution in [3.63, 3.8) is 0 Å². The van der Waals surface area contributed by atoms with E-state index in [-0.39, 0.29) is 31.0 Å². The molecule has 2 N–H and O–H groups in total. The Labute approximate surface area is 212 Å². The molecule has 0 aliphatic heterocycles. The third kappa shape index (κ3) is 7.72. The number of aliphatic hydroxyl groups excluding tert-OH is 1. The van der Waals surface area contributed by atoms with E-state index in [2.05, 4.69) is 11.4 Å². The quantitative estimate of drug-likeness (QED) is 0.383. The average Bonchev–Trinajstić information content (AvgIpc) is 2.86. The van der Waals surface area contributed by atoms with Gasteiger partial charge in [-0.15, -0.1) is 12.4 Å². The minimum Gasteiger partial charge on any atom is -0.482 e. The Hall–Kier alpha value is -3.06. The van der Waals surface area contributed by atoms with Crippen LogP contribution in [-0.2, 0) is 22.4 Å². The molecular weight excluding hydrogens is 466 g/mol. The first-order chi connectivity index (χ1) is 16.6. The van der Waals surface area contributed by atoms with Gasteiger partial charge in [0.05, 0.1) is 12.7 Å². The lowest BCUT2D eigenvalue weighted by atomic mass is 9.88. The Kier molecular flexibility index (Phi) is 9.97. The second kappa shape index (κ2) is 13.1. The summed E-state index contributed by atoms with van der Waals surface area (Å²) in [5.74, 6) is 1.76. The van der Waals surface area contributed by atoms with Crippen LogP contribution >= 0.6 is 12.4 Å². The molecule has 0 saturated heterocycles. The minimum absolute atomic E-state index is 0. The summed E-state index contributed by atoms with van der Waals surface area (Å²) in [6.45, 7) is 2.48. The van der Waals surface area contributed by atoms with Gasteiger partial charge in [-0.05, 0) is 79.3 Å². The van der Waals surface area contributed by atoms with Crippen LogP contribution in [0.5, 0.6) is 17.2 Å². The van der Waals surface area contributed by atoms with Crippen LogP contribution in [0.4, 0.5) is 0 Å². The van der Waals surface area contributed by atoms with Crippen molar-refractivity contribution in [2.45, 2.75) is 38.3 Å². The molecule has 0 amide bonds. The lowest BCUT2D eigenvalue weighted by molar-refractivity contribution is -0.145. The molecule has 0 spiro atoms. The molecule has 3 aromatic carbocycles.